The fraction of sp³-hybridized carbons (Fsp3) is 0.154. The van der Waals surface area contributed by atoms with Gasteiger partial charge in [0.25, 0.3) is 0 Å². The Balaban J connectivity index is 2.21. The summed E-state index contributed by atoms with van der Waals surface area (Å²) in [6.07, 6.45) is 3.15. The first-order valence-corrected chi connectivity index (χ1v) is 9.32. The van der Waals surface area contributed by atoms with Crippen LogP contribution in [0.25, 0.3) is 16.7 Å². The lowest BCUT2D eigenvalue weighted by Crippen LogP contribution is -1.95. The summed E-state index contributed by atoms with van der Waals surface area (Å²) in [6.45, 7) is 6.48. The lowest BCUT2D eigenvalue weighted by atomic mass is 9.87. The Hall–Kier alpha value is -2.86. The van der Waals surface area contributed by atoms with E-state index in [-0.39, 0.29) is 0 Å². The summed E-state index contributed by atoms with van der Waals surface area (Å²) in [5, 5.41) is 0. The molecule has 0 heteroatoms. The molecule has 0 aliphatic heterocycles. The average Bonchev–Trinajstić information content (AvgIpc) is 2.73. The molecule has 0 radical (unpaired) electrons. The smallest absolute Gasteiger partial charge is 0.00735 e. The molecule has 0 aromatic heterocycles. The minimum atomic E-state index is 0.990. The van der Waals surface area contributed by atoms with E-state index in [9.17, 15) is 0 Å². The first kappa shape index (κ1) is 17.9. The van der Waals surface area contributed by atoms with Crippen LogP contribution >= 0.6 is 0 Å². The van der Waals surface area contributed by atoms with Crippen molar-refractivity contribution in [3.8, 4) is 0 Å². The summed E-state index contributed by atoms with van der Waals surface area (Å²) in [5.41, 5.74) is 9.12. The standard InChI is InChI=1S/C26H26/c1-4-20(3)21-16-18-24(19-17-21)26(23-14-10-7-11-15-23)25(5-2)22-12-8-6-9-13-22/h4,6-19H,5H2,1-3H3/b20-4+,26-25-. The molecule has 0 aliphatic carbocycles. The third-order valence-corrected chi connectivity index (χ3v) is 4.90. The second-order valence-electron chi connectivity index (χ2n) is 6.49. The summed E-state index contributed by atoms with van der Waals surface area (Å²) in [5.74, 6) is 0. The van der Waals surface area contributed by atoms with Gasteiger partial charge >= 0.3 is 0 Å². The van der Waals surface area contributed by atoms with Crippen molar-refractivity contribution in [2.75, 3.05) is 0 Å². The van der Waals surface area contributed by atoms with E-state index >= 15 is 0 Å². The predicted octanol–water partition coefficient (Wildman–Crippen LogP) is 7.48. The van der Waals surface area contributed by atoms with Crippen molar-refractivity contribution < 1.29 is 0 Å². The molecule has 0 N–H and O–H groups in total. The molecule has 0 unspecified atom stereocenters. The van der Waals surface area contributed by atoms with E-state index in [0.29, 0.717) is 0 Å². The minimum absolute atomic E-state index is 0.990. The van der Waals surface area contributed by atoms with Crippen LogP contribution in [-0.2, 0) is 0 Å². The topological polar surface area (TPSA) is 0 Å². The predicted molar refractivity (Wildman–Crippen MR) is 115 cm³/mol. The van der Waals surface area contributed by atoms with Crippen LogP contribution in [0, 0.1) is 0 Å². The van der Waals surface area contributed by atoms with Crippen molar-refractivity contribution >= 4 is 16.7 Å². The number of allylic oxidation sites excluding steroid dienone is 3. The zero-order valence-electron chi connectivity index (χ0n) is 15.9. The molecule has 0 nitrogen and oxygen atoms in total. The zero-order valence-corrected chi connectivity index (χ0v) is 15.9. The molecule has 0 bridgehead atoms. The molecule has 0 atom stereocenters. The molecule has 26 heavy (non-hydrogen) atoms. The van der Waals surface area contributed by atoms with Gasteiger partial charge in [0, 0.05) is 0 Å². The third-order valence-electron chi connectivity index (χ3n) is 4.90. The van der Waals surface area contributed by atoms with Crippen LogP contribution in [0.5, 0.6) is 0 Å². The molecule has 0 saturated heterocycles. The van der Waals surface area contributed by atoms with Gasteiger partial charge in [-0.1, -0.05) is 97.9 Å². The quantitative estimate of drug-likeness (QED) is 0.423. The first-order valence-electron chi connectivity index (χ1n) is 9.32. The molecule has 3 rings (SSSR count). The highest BCUT2D eigenvalue weighted by atomic mass is 14.2. The summed E-state index contributed by atoms with van der Waals surface area (Å²) >= 11 is 0. The molecule has 0 fully saturated rings. The van der Waals surface area contributed by atoms with Gasteiger partial charge in [0.15, 0.2) is 0 Å². The summed E-state index contributed by atoms with van der Waals surface area (Å²) in [6, 6.07) is 30.4. The normalized spacial score (nSPS) is 12.7. The van der Waals surface area contributed by atoms with Crippen LogP contribution in [0.1, 0.15) is 49.4 Å². The van der Waals surface area contributed by atoms with E-state index in [1.807, 2.05) is 0 Å². The molecular formula is C26H26. The molecule has 0 spiro atoms. The van der Waals surface area contributed by atoms with E-state index < -0.39 is 0 Å². The molecule has 130 valence electrons. The largest absolute Gasteiger partial charge is 0.0841 e. The van der Waals surface area contributed by atoms with Gasteiger partial charge in [0.05, 0.1) is 0 Å². The Labute approximate surface area is 157 Å². The minimum Gasteiger partial charge on any atom is -0.0841 e. The van der Waals surface area contributed by atoms with Crippen molar-refractivity contribution in [3.05, 3.63) is 113 Å². The van der Waals surface area contributed by atoms with Crippen molar-refractivity contribution in [2.24, 2.45) is 0 Å². The number of rotatable bonds is 5. The summed E-state index contributed by atoms with van der Waals surface area (Å²) in [7, 11) is 0. The number of hydrogen-bond donors (Lipinski definition) is 0. The van der Waals surface area contributed by atoms with Gasteiger partial charge in [0.2, 0.25) is 0 Å². The van der Waals surface area contributed by atoms with Crippen LogP contribution in [0.15, 0.2) is 91.0 Å². The van der Waals surface area contributed by atoms with E-state index in [0.717, 1.165) is 6.42 Å². The Bertz CT molecular complexity index is 895. The second kappa shape index (κ2) is 8.49. The van der Waals surface area contributed by atoms with Crippen LogP contribution in [0.3, 0.4) is 0 Å². The lowest BCUT2D eigenvalue weighted by Gasteiger charge is -2.17. The van der Waals surface area contributed by atoms with Gasteiger partial charge in [-0.05, 0) is 59.2 Å². The molecule has 0 saturated carbocycles. The third kappa shape index (κ3) is 3.86. The lowest BCUT2D eigenvalue weighted by molar-refractivity contribution is 1.24. The SMILES string of the molecule is C/C=C(\C)c1ccc(/C(=C(/CC)c2ccccc2)c2ccccc2)cc1. The zero-order chi connectivity index (χ0) is 18.4. The summed E-state index contributed by atoms with van der Waals surface area (Å²) in [4.78, 5) is 0. The highest BCUT2D eigenvalue weighted by molar-refractivity contribution is 5.98. The second-order valence-corrected chi connectivity index (χ2v) is 6.49. The number of hydrogen-bond acceptors (Lipinski definition) is 0. The van der Waals surface area contributed by atoms with Gasteiger partial charge < -0.3 is 0 Å². The number of benzene rings is 3. The van der Waals surface area contributed by atoms with E-state index in [1.54, 1.807) is 0 Å². The molecule has 0 amide bonds. The Morgan fingerprint density at radius 2 is 1.12 bits per heavy atom. The molecular weight excluding hydrogens is 312 g/mol. The van der Waals surface area contributed by atoms with Crippen LogP contribution in [0.4, 0.5) is 0 Å². The Kier molecular flexibility index (Phi) is 5.86. The monoisotopic (exact) mass is 338 g/mol. The van der Waals surface area contributed by atoms with E-state index in [1.165, 1.54) is 39.0 Å². The van der Waals surface area contributed by atoms with Gasteiger partial charge in [-0.25, -0.2) is 0 Å². The van der Waals surface area contributed by atoms with Gasteiger partial charge in [-0.2, -0.15) is 0 Å². The van der Waals surface area contributed by atoms with Crippen molar-refractivity contribution in [2.45, 2.75) is 27.2 Å². The first-order chi connectivity index (χ1) is 12.7. The highest BCUT2D eigenvalue weighted by Gasteiger charge is 2.12. The van der Waals surface area contributed by atoms with Crippen LogP contribution in [0.2, 0.25) is 0 Å². The fourth-order valence-electron chi connectivity index (χ4n) is 3.35. The highest BCUT2D eigenvalue weighted by Crippen LogP contribution is 2.34. The molecule has 3 aromatic carbocycles. The Morgan fingerprint density at radius 1 is 0.654 bits per heavy atom. The van der Waals surface area contributed by atoms with Gasteiger partial charge in [0.1, 0.15) is 0 Å². The van der Waals surface area contributed by atoms with Crippen LogP contribution in [-0.4, -0.2) is 0 Å². The maximum atomic E-state index is 2.25. The molecule has 0 heterocycles. The van der Waals surface area contributed by atoms with Gasteiger partial charge in [-0.15, -0.1) is 0 Å². The maximum absolute atomic E-state index is 2.25. The van der Waals surface area contributed by atoms with Gasteiger partial charge in [-0.3, -0.25) is 0 Å². The maximum Gasteiger partial charge on any atom is -0.00735 e. The Morgan fingerprint density at radius 3 is 1.62 bits per heavy atom. The van der Waals surface area contributed by atoms with E-state index in [2.05, 4.69) is 112 Å². The van der Waals surface area contributed by atoms with Crippen LogP contribution < -0.4 is 0 Å². The van der Waals surface area contributed by atoms with Crippen molar-refractivity contribution in [3.63, 3.8) is 0 Å². The van der Waals surface area contributed by atoms with Crippen molar-refractivity contribution in [1.82, 2.24) is 0 Å². The molecule has 0 aliphatic rings. The average molecular weight is 338 g/mol. The van der Waals surface area contributed by atoms with Crippen molar-refractivity contribution in [1.29, 1.82) is 0 Å². The van der Waals surface area contributed by atoms with E-state index in [4.69, 9.17) is 0 Å². The molecule has 3 aromatic rings. The fourth-order valence-corrected chi connectivity index (χ4v) is 3.35. The summed E-state index contributed by atoms with van der Waals surface area (Å²) < 4.78 is 0.